The van der Waals surface area contributed by atoms with Crippen molar-refractivity contribution >= 4 is 0 Å². The van der Waals surface area contributed by atoms with Crippen LogP contribution in [0.3, 0.4) is 0 Å². The highest BCUT2D eigenvalue weighted by Gasteiger charge is 2.20. The van der Waals surface area contributed by atoms with Gasteiger partial charge < -0.3 is 19.3 Å². The van der Waals surface area contributed by atoms with E-state index < -0.39 is 0 Å². The summed E-state index contributed by atoms with van der Waals surface area (Å²) >= 11 is 0. The van der Waals surface area contributed by atoms with E-state index in [9.17, 15) is 0 Å². The number of benzene rings is 1. The number of aryl methyl sites for hydroxylation is 1. The van der Waals surface area contributed by atoms with Crippen LogP contribution < -0.4 is 9.47 Å². The van der Waals surface area contributed by atoms with Gasteiger partial charge in [-0.25, -0.2) is 0 Å². The summed E-state index contributed by atoms with van der Waals surface area (Å²) in [5, 5.41) is 0. The Bertz CT molecular complexity index is 506. The molecule has 1 aliphatic carbocycles. The maximum Gasteiger partial charge on any atom is 0.164 e. The molecule has 0 radical (unpaired) electrons. The maximum absolute atomic E-state index is 6.34. The van der Waals surface area contributed by atoms with Crippen LogP contribution in [0.25, 0.3) is 0 Å². The molecule has 4 heteroatoms. The fourth-order valence-electron chi connectivity index (χ4n) is 3.79. The Kier molecular flexibility index (Phi) is 6.38. The first-order chi connectivity index (χ1) is 11.8. The van der Waals surface area contributed by atoms with E-state index in [1.165, 1.54) is 70.4 Å². The SMILES string of the molecule is COc1cccc(CCCN2CCN(C)CC2)c1OC1CCCC1. The maximum atomic E-state index is 6.34. The average molecular weight is 332 g/mol. The van der Waals surface area contributed by atoms with Crippen molar-refractivity contribution in [2.24, 2.45) is 0 Å². The molecule has 1 saturated heterocycles. The van der Waals surface area contributed by atoms with Crippen molar-refractivity contribution in [3.63, 3.8) is 0 Å². The van der Waals surface area contributed by atoms with Gasteiger partial charge in [-0.2, -0.15) is 0 Å². The predicted molar refractivity (Wildman–Crippen MR) is 98.1 cm³/mol. The Labute approximate surface area is 146 Å². The van der Waals surface area contributed by atoms with Crippen molar-refractivity contribution < 1.29 is 9.47 Å². The summed E-state index contributed by atoms with van der Waals surface area (Å²) in [5.74, 6) is 1.88. The number of piperazine rings is 1. The van der Waals surface area contributed by atoms with Crippen molar-refractivity contribution in [3.8, 4) is 11.5 Å². The minimum absolute atomic E-state index is 0.373. The molecule has 1 aromatic rings. The third-order valence-electron chi connectivity index (χ3n) is 5.38. The molecule has 0 bridgehead atoms. The third-order valence-corrected chi connectivity index (χ3v) is 5.38. The Morgan fingerprint density at radius 3 is 2.54 bits per heavy atom. The number of hydrogen-bond acceptors (Lipinski definition) is 4. The van der Waals surface area contributed by atoms with E-state index in [2.05, 4.69) is 29.0 Å². The average Bonchev–Trinajstić information content (AvgIpc) is 3.11. The lowest BCUT2D eigenvalue weighted by Crippen LogP contribution is -2.44. The van der Waals surface area contributed by atoms with Crippen molar-refractivity contribution in [1.82, 2.24) is 9.80 Å². The van der Waals surface area contributed by atoms with Crippen molar-refractivity contribution in [1.29, 1.82) is 0 Å². The summed E-state index contributed by atoms with van der Waals surface area (Å²) in [6.45, 7) is 5.94. The zero-order valence-corrected chi connectivity index (χ0v) is 15.3. The first-order valence-electron chi connectivity index (χ1n) is 9.49. The zero-order chi connectivity index (χ0) is 16.8. The number of hydrogen-bond donors (Lipinski definition) is 0. The lowest BCUT2D eigenvalue weighted by molar-refractivity contribution is 0.152. The summed E-state index contributed by atoms with van der Waals surface area (Å²) in [7, 11) is 3.95. The first-order valence-corrected chi connectivity index (χ1v) is 9.49. The number of ether oxygens (including phenoxy) is 2. The summed E-state index contributed by atoms with van der Waals surface area (Å²) in [4.78, 5) is 4.99. The zero-order valence-electron chi connectivity index (χ0n) is 15.3. The van der Waals surface area contributed by atoms with Crippen LogP contribution in [-0.4, -0.2) is 62.8 Å². The molecule has 0 atom stereocenters. The van der Waals surface area contributed by atoms with E-state index in [1.54, 1.807) is 7.11 Å². The number of methoxy groups -OCH3 is 1. The molecule has 1 heterocycles. The molecular formula is C20H32N2O2. The van der Waals surface area contributed by atoms with Gasteiger partial charge in [-0.1, -0.05) is 12.1 Å². The van der Waals surface area contributed by atoms with E-state index in [0.29, 0.717) is 6.10 Å². The van der Waals surface area contributed by atoms with Gasteiger partial charge in [-0.05, 0) is 63.7 Å². The highest BCUT2D eigenvalue weighted by Crippen LogP contribution is 2.35. The summed E-state index contributed by atoms with van der Waals surface area (Å²) < 4.78 is 11.9. The van der Waals surface area contributed by atoms with E-state index in [0.717, 1.165) is 17.9 Å². The standard InChI is InChI=1S/C20H32N2O2/c1-21-13-15-22(16-14-21)12-6-8-17-7-5-11-19(23-2)20(17)24-18-9-3-4-10-18/h5,7,11,18H,3-4,6,8-10,12-16H2,1-2H3. The van der Waals surface area contributed by atoms with Crippen LogP contribution >= 0.6 is 0 Å². The Morgan fingerprint density at radius 1 is 1.08 bits per heavy atom. The van der Waals surface area contributed by atoms with Gasteiger partial charge in [0.05, 0.1) is 13.2 Å². The lowest BCUT2D eigenvalue weighted by Gasteiger charge is -2.32. The molecule has 0 N–H and O–H groups in total. The van der Waals surface area contributed by atoms with Crippen molar-refractivity contribution in [2.75, 3.05) is 46.9 Å². The fraction of sp³-hybridized carbons (Fsp3) is 0.700. The highest BCUT2D eigenvalue weighted by molar-refractivity contribution is 5.47. The topological polar surface area (TPSA) is 24.9 Å². The highest BCUT2D eigenvalue weighted by atomic mass is 16.5. The second-order valence-corrected chi connectivity index (χ2v) is 7.22. The van der Waals surface area contributed by atoms with Gasteiger partial charge in [-0.3, -0.25) is 0 Å². The molecule has 0 spiro atoms. The smallest absolute Gasteiger partial charge is 0.164 e. The third kappa shape index (κ3) is 4.64. The second kappa shape index (κ2) is 8.72. The van der Waals surface area contributed by atoms with Crippen LogP contribution in [0.5, 0.6) is 11.5 Å². The minimum atomic E-state index is 0.373. The summed E-state index contributed by atoms with van der Waals surface area (Å²) in [5.41, 5.74) is 1.30. The Balaban J connectivity index is 1.57. The quantitative estimate of drug-likeness (QED) is 0.765. The molecule has 1 aromatic carbocycles. The molecule has 24 heavy (non-hydrogen) atoms. The molecule has 2 fully saturated rings. The molecule has 1 saturated carbocycles. The first kappa shape index (κ1) is 17.6. The van der Waals surface area contributed by atoms with Crippen LogP contribution in [0.1, 0.15) is 37.7 Å². The molecule has 134 valence electrons. The van der Waals surface area contributed by atoms with Crippen LogP contribution in [0.4, 0.5) is 0 Å². The number of likely N-dealkylation sites (N-methyl/N-ethyl adjacent to an activating group) is 1. The van der Waals surface area contributed by atoms with E-state index in [1.807, 2.05) is 6.07 Å². The molecule has 2 aliphatic rings. The Hall–Kier alpha value is -1.26. The van der Waals surface area contributed by atoms with Gasteiger partial charge >= 0.3 is 0 Å². The molecule has 0 aromatic heterocycles. The fourth-order valence-corrected chi connectivity index (χ4v) is 3.79. The predicted octanol–water partition coefficient (Wildman–Crippen LogP) is 3.20. The van der Waals surface area contributed by atoms with E-state index in [-0.39, 0.29) is 0 Å². The van der Waals surface area contributed by atoms with Crippen LogP contribution in [-0.2, 0) is 6.42 Å². The molecular weight excluding hydrogens is 300 g/mol. The normalized spacial score (nSPS) is 20.4. The Morgan fingerprint density at radius 2 is 1.83 bits per heavy atom. The van der Waals surface area contributed by atoms with Gasteiger partial charge in [0.25, 0.3) is 0 Å². The van der Waals surface area contributed by atoms with E-state index in [4.69, 9.17) is 9.47 Å². The summed E-state index contributed by atoms with van der Waals surface area (Å²) in [6.07, 6.45) is 7.55. The van der Waals surface area contributed by atoms with Gasteiger partial charge in [0.15, 0.2) is 11.5 Å². The van der Waals surface area contributed by atoms with Gasteiger partial charge in [0.1, 0.15) is 0 Å². The number of rotatable bonds is 7. The summed E-state index contributed by atoms with van der Waals surface area (Å²) in [6, 6.07) is 6.32. The van der Waals surface area contributed by atoms with Gasteiger partial charge in [0, 0.05) is 26.2 Å². The number of nitrogens with zero attached hydrogens (tertiary/aromatic N) is 2. The van der Waals surface area contributed by atoms with Crippen LogP contribution in [0.15, 0.2) is 18.2 Å². The van der Waals surface area contributed by atoms with Gasteiger partial charge in [0.2, 0.25) is 0 Å². The number of para-hydroxylation sites is 1. The van der Waals surface area contributed by atoms with Crippen molar-refractivity contribution in [3.05, 3.63) is 23.8 Å². The lowest BCUT2D eigenvalue weighted by atomic mass is 10.1. The van der Waals surface area contributed by atoms with Crippen LogP contribution in [0.2, 0.25) is 0 Å². The largest absolute Gasteiger partial charge is 0.493 e. The van der Waals surface area contributed by atoms with Gasteiger partial charge in [-0.15, -0.1) is 0 Å². The second-order valence-electron chi connectivity index (χ2n) is 7.22. The minimum Gasteiger partial charge on any atom is -0.493 e. The molecule has 1 aliphatic heterocycles. The molecule has 0 amide bonds. The molecule has 4 nitrogen and oxygen atoms in total. The van der Waals surface area contributed by atoms with Crippen molar-refractivity contribution in [2.45, 2.75) is 44.6 Å². The van der Waals surface area contributed by atoms with Crippen LogP contribution in [0, 0.1) is 0 Å². The monoisotopic (exact) mass is 332 g/mol. The molecule has 0 unspecified atom stereocenters. The van der Waals surface area contributed by atoms with E-state index >= 15 is 0 Å². The molecule has 3 rings (SSSR count).